The van der Waals surface area contributed by atoms with Gasteiger partial charge in [0.2, 0.25) is 12.5 Å². The lowest BCUT2D eigenvalue weighted by Crippen LogP contribution is -2.45. The quantitative estimate of drug-likeness (QED) is 0.612. The lowest BCUT2D eigenvalue weighted by atomic mass is 9.93. The molecule has 176 valence electrons. The van der Waals surface area contributed by atoms with Crippen molar-refractivity contribution in [2.75, 3.05) is 27.0 Å². The van der Waals surface area contributed by atoms with E-state index < -0.39 is 29.9 Å². The zero-order valence-electron chi connectivity index (χ0n) is 18.9. The van der Waals surface area contributed by atoms with Gasteiger partial charge in [0.05, 0.1) is 12.7 Å². The molecular weight excluding hydrogens is 422 g/mol. The molecule has 0 bridgehead atoms. The number of nitrogens with zero attached hydrogens (tertiary/aromatic N) is 1. The average molecular weight is 451 g/mol. The van der Waals surface area contributed by atoms with Crippen molar-refractivity contribution >= 4 is 12.2 Å². The van der Waals surface area contributed by atoms with Crippen LogP contribution in [-0.4, -0.2) is 79.1 Å². The minimum absolute atomic E-state index is 0.0160. The van der Waals surface area contributed by atoms with Crippen molar-refractivity contribution in [2.24, 2.45) is 0 Å². The summed E-state index contributed by atoms with van der Waals surface area (Å²) in [5.41, 5.74) is 0.658. The maximum Gasteiger partial charge on any atom is 0.258 e. The third kappa shape index (κ3) is 3.61. The van der Waals surface area contributed by atoms with Crippen molar-refractivity contribution in [3.63, 3.8) is 0 Å². The van der Waals surface area contributed by atoms with Crippen LogP contribution < -0.4 is 14.2 Å². The Morgan fingerprint density at radius 2 is 1.97 bits per heavy atom. The molecule has 3 aliphatic rings. The van der Waals surface area contributed by atoms with Crippen molar-refractivity contribution in [3.8, 4) is 17.2 Å². The number of ether oxygens (including phenoxy) is 6. The molecule has 0 radical (unpaired) electrons. The van der Waals surface area contributed by atoms with Gasteiger partial charge in [0.15, 0.2) is 29.4 Å². The fourth-order valence-electron chi connectivity index (χ4n) is 4.57. The van der Waals surface area contributed by atoms with E-state index in [1.165, 1.54) is 7.11 Å². The van der Waals surface area contributed by atoms with E-state index in [1.54, 1.807) is 24.8 Å². The number of benzene rings is 1. The van der Waals surface area contributed by atoms with Gasteiger partial charge in [-0.15, -0.1) is 0 Å². The number of methoxy groups -OCH3 is 1. The molecule has 3 aliphatic heterocycles. The molecule has 32 heavy (non-hydrogen) atoms. The molecule has 0 spiro atoms. The van der Waals surface area contributed by atoms with Crippen molar-refractivity contribution in [1.82, 2.24) is 4.90 Å². The number of hydrogen-bond donors (Lipinski definition) is 1. The van der Waals surface area contributed by atoms with Crippen LogP contribution in [-0.2, 0) is 25.4 Å². The van der Waals surface area contributed by atoms with Crippen LogP contribution in [0.1, 0.15) is 43.6 Å². The number of amides is 1. The van der Waals surface area contributed by atoms with Crippen LogP contribution in [0.25, 0.3) is 0 Å². The van der Waals surface area contributed by atoms with Crippen molar-refractivity contribution < 1.29 is 43.1 Å². The van der Waals surface area contributed by atoms with Gasteiger partial charge in [-0.25, -0.2) is 0 Å². The molecule has 1 aromatic carbocycles. The Morgan fingerprint density at radius 1 is 1.25 bits per heavy atom. The van der Waals surface area contributed by atoms with Crippen LogP contribution >= 0.6 is 0 Å². The predicted octanol–water partition coefficient (Wildman–Crippen LogP) is 1.25. The monoisotopic (exact) mass is 451 g/mol. The maximum atomic E-state index is 13.5. The van der Waals surface area contributed by atoms with Gasteiger partial charge in [-0.05, 0) is 39.3 Å². The van der Waals surface area contributed by atoms with Crippen LogP contribution in [0.5, 0.6) is 17.2 Å². The second kappa shape index (κ2) is 8.18. The van der Waals surface area contributed by atoms with E-state index in [0.29, 0.717) is 36.4 Å². The molecule has 1 unspecified atom stereocenters. The SMILES string of the molecule is CCN(CC)C(=O)c1c(CC2(O)O[C@@H](C=O)[C@H]3OC(C)(C)O[C@H]32)cc2c(c1OC)OCO2. The van der Waals surface area contributed by atoms with Gasteiger partial charge in [-0.1, -0.05) is 0 Å². The van der Waals surface area contributed by atoms with Gasteiger partial charge in [0.25, 0.3) is 5.91 Å². The van der Waals surface area contributed by atoms with Gasteiger partial charge in [0, 0.05) is 19.5 Å². The van der Waals surface area contributed by atoms with Gasteiger partial charge < -0.3 is 43.2 Å². The number of rotatable bonds is 7. The summed E-state index contributed by atoms with van der Waals surface area (Å²) in [6.07, 6.45) is -2.29. The summed E-state index contributed by atoms with van der Waals surface area (Å²) in [5, 5.41) is 11.5. The summed E-state index contributed by atoms with van der Waals surface area (Å²) in [7, 11) is 1.44. The lowest BCUT2D eigenvalue weighted by molar-refractivity contribution is -0.268. The van der Waals surface area contributed by atoms with Crippen LogP contribution in [0.2, 0.25) is 0 Å². The van der Waals surface area contributed by atoms with Gasteiger partial charge >= 0.3 is 0 Å². The highest BCUT2D eigenvalue weighted by Gasteiger charge is 2.62. The highest BCUT2D eigenvalue weighted by molar-refractivity contribution is 6.00. The minimum Gasteiger partial charge on any atom is -0.492 e. The Morgan fingerprint density at radius 3 is 2.59 bits per heavy atom. The molecule has 2 fully saturated rings. The van der Waals surface area contributed by atoms with Crippen LogP contribution in [0.4, 0.5) is 0 Å². The number of carbonyl (C=O) groups is 2. The van der Waals surface area contributed by atoms with Crippen LogP contribution in [0, 0.1) is 0 Å². The summed E-state index contributed by atoms with van der Waals surface area (Å²) in [6.45, 7) is 8.10. The fourth-order valence-corrected chi connectivity index (χ4v) is 4.57. The van der Waals surface area contributed by atoms with Crippen molar-refractivity contribution in [3.05, 3.63) is 17.2 Å². The average Bonchev–Trinajstić information content (AvgIpc) is 3.41. The lowest BCUT2D eigenvalue weighted by Gasteiger charge is -2.31. The zero-order valence-corrected chi connectivity index (χ0v) is 18.9. The third-order valence-corrected chi connectivity index (χ3v) is 5.99. The first kappa shape index (κ1) is 22.8. The number of carbonyl (C=O) groups excluding carboxylic acids is 2. The highest BCUT2D eigenvalue weighted by Crippen LogP contribution is 2.49. The summed E-state index contributed by atoms with van der Waals surface area (Å²) in [4.78, 5) is 26.7. The Hall–Kier alpha value is -2.40. The van der Waals surface area contributed by atoms with E-state index in [1.807, 2.05) is 13.8 Å². The summed E-state index contributed by atoms with van der Waals surface area (Å²) < 4.78 is 34.0. The maximum absolute atomic E-state index is 13.5. The van der Waals surface area contributed by atoms with E-state index in [4.69, 9.17) is 28.4 Å². The molecule has 4 atom stereocenters. The molecule has 3 heterocycles. The molecule has 1 N–H and O–H groups in total. The van der Waals surface area contributed by atoms with Gasteiger partial charge in [-0.3, -0.25) is 4.79 Å². The number of aldehydes is 1. The largest absolute Gasteiger partial charge is 0.492 e. The Labute approximate surface area is 186 Å². The summed E-state index contributed by atoms with van der Waals surface area (Å²) in [5.74, 6) is -2.25. The zero-order chi connectivity index (χ0) is 23.3. The van der Waals surface area contributed by atoms with E-state index >= 15 is 0 Å². The highest BCUT2D eigenvalue weighted by atomic mass is 16.8. The van der Waals surface area contributed by atoms with Crippen molar-refractivity contribution in [1.29, 1.82) is 0 Å². The van der Waals surface area contributed by atoms with Crippen LogP contribution in [0.15, 0.2) is 6.07 Å². The molecule has 1 amide bonds. The van der Waals surface area contributed by atoms with E-state index in [0.717, 1.165) is 0 Å². The Bertz CT molecular complexity index is 913. The third-order valence-electron chi connectivity index (χ3n) is 5.99. The summed E-state index contributed by atoms with van der Waals surface area (Å²) >= 11 is 0. The first-order valence-corrected chi connectivity index (χ1v) is 10.7. The number of aliphatic hydroxyl groups is 1. The Kier molecular flexibility index (Phi) is 5.83. The Balaban J connectivity index is 1.80. The number of fused-ring (bicyclic) bond motifs is 2. The second-order valence-corrected chi connectivity index (χ2v) is 8.42. The van der Waals surface area contributed by atoms with E-state index in [9.17, 15) is 14.7 Å². The van der Waals surface area contributed by atoms with Crippen molar-refractivity contribution in [2.45, 2.75) is 64.0 Å². The molecule has 10 heteroatoms. The smallest absolute Gasteiger partial charge is 0.258 e. The van der Waals surface area contributed by atoms with E-state index in [2.05, 4.69) is 0 Å². The van der Waals surface area contributed by atoms with Crippen LogP contribution in [0.3, 0.4) is 0 Å². The first-order chi connectivity index (χ1) is 15.2. The molecule has 0 saturated carbocycles. The molecule has 4 rings (SSSR count). The molecule has 0 aliphatic carbocycles. The van der Waals surface area contributed by atoms with E-state index in [-0.39, 0.29) is 30.4 Å². The standard InChI is InChI=1S/C22H29NO9/c1-6-23(7-2)20(25)15-12(8-13-16(18(15)27-5)29-11-28-13)9-22(26)19-17(14(10-24)30-22)31-21(3,4)32-19/h8,10,14,17,19,26H,6-7,9,11H2,1-5H3/t14-,17+,19+,22?/m0/s1. The fraction of sp³-hybridized carbons (Fsp3) is 0.636. The number of hydrogen-bond acceptors (Lipinski definition) is 9. The predicted molar refractivity (Wildman–Crippen MR) is 110 cm³/mol. The topological polar surface area (TPSA) is 113 Å². The molecular formula is C22H29NO9. The second-order valence-electron chi connectivity index (χ2n) is 8.42. The first-order valence-electron chi connectivity index (χ1n) is 10.7. The molecule has 0 aromatic heterocycles. The summed E-state index contributed by atoms with van der Waals surface area (Å²) in [6, 6.07) is 1.63. The van der Waals surface area contributed by atoms with Gasteiger partial charge in [-0.2, -0.15) is 0 Å². The van der Waals surface area contributed by atoms with Gasteiger partial charge in [0.1, 0.15) is 18.3 Å². The normalized spacial score (nSPS) is 29.6. The molecule has 1 aromatic rings. The molecule has 2 saturated heterocycles. The minimum atomic E-state index is -1.92. The molecule has 10 nitrogen and oxygen atoms in total.